The minimum atomic E-state index is -0.546. The van der Waals surface area contributed by atoms with E-state index in [0.717, 1.165) is 24.5 Å². The Balaban J connectivity index is 1.65. The number of aliphatic hydroxyl groups excluding tert-OH is 1. The minimum absolute atomic E-state index is 0.117. The molecule has 0 spiro atoms. The smallest absolute Gasteiger partial charge is 0.138 e. The van der Waals surface area contributed by atoms with Gasteiger partial charge in [0, 0.05) is 30.4 Å². The van der Waals surface area contributed by atoms with Crippen molar-refractivity contribution in [1.29, 1.82) is 0 Å². The van der Waals surface area contributed by atoms with E-state index in [0.29, 0.717) is 0 Å². The van der Waals surface area contributed by atoms with Crippen molar-refractivity contribution in [3.8, 4) is 11.3 Å². The fourth-order valence-electron chi connectivity index (χ4n) is 4.05. The van der Waals surface area contributed by atoms with Gasteiger partial charge >= 0.3 is 0 Å². The number of benzene rings is 1. The molecule has 3 aromatic rings. The maximum Gasteiger partial charge on any atom is 0.138 e. The second-order valence-corrected chi connectivity index (χ2v) is 6.09. The first-order valence-corrected chi connectivity index (χ1v) is 7.65. The van der Waals surface area contributed by atoms with Crippen LogP contribution in [0.3, 0.4) is 0 Å². The van der Waals surface area contributed by atoms with E-state index in [1.165, 1.54) is 11.1 Å². The van der Waals surface area contributed by atoms with Gasteiger partial charge in [-0.05, 0) is 12.0 Å². The molecule has 22 heavy (non-hydrogen) atoms. The molecule has 2 aromatic heterocycles. The molecule has 1 aromatic carbocycles. The molecule has 5 rings (SSSR count). The summed E-state index contributed by atoms with van der Waals surface area (Å²) >= 11 is 0. The fraction of sp³-hybridized carbons (Fsp3) is 0.294. The highest BCUT2D eigenvalue weighted by Gasteiger charge is 2.41. The Morgan fingerprint density at radius 1 is 1.23 bits per heavy atom. The van der Waals surface area contributed by atoms with Crippen molar-refractivity contribution in [3.63, 3.8) is 0 Å². The quantitative estimate of drug-likeness (QED) is 0.749. The number of rotatable bonds is 1. The predicted molar refractivity (Wildman–Crippen MR) is 81.1 cm³/mol. The molecule has 0 bridgehead atoms. The zero-order valence-electron chi connectivity index (χ0n) is 12.0. The Bertz CT molecular complexity index is 850. The maximum absolute atomic E-state index is 10.8. The molecule has 2 aliphatic rings. The second kappa shape index (κ2) is 4.30. The number of aromatic nitrogens is 4. The molecule has 0 fully saturated rings. The van der Waals surface area contributed by atoms with Crippen LogP contribution in [0.1, 0.15) is 30.0 Å². The third-order valence-electron chi connectivity index (χ3n) is 5.05. The molecule has 5 nitrogen and oxygen atoms in total. The number of hydrogen-bond donors (Lipinski definition) is 1. The Labute approximate surface area is 127 Å². The Morgan fingerprint density at radius 3 is 3.09 bits per heavy atom. The standard InChI is InChI=1S/C17H16N4O/c22-16-13(5-7-20-8-6-19-17(16)20)15-12-4-2-1-3-11(12)14-9-18-10-21(14)15/h1-4,6,8-10,13,15-16,22H,5,7H2/t13-,15?,16-/m0/s1. The van der Waals surface area contributed by atoms with Crippen LogP contribution in [-0.2, 0) is 6.54 Å². The molecule has 0 saturated carbocycles. The lowest BCUT2D eigenvalue weighted by Crippen LogP contribution is -2.31. The Hall–Kier alpha value is -2.40. The van der Waals surface area contributed by atoms with E-state index in [1.54, 1.807) is 6.20 Å². The molecular formula is C17H16N4O. The van der Waals surface area contributed by atoms with Crippen molar-refractivity contribution in [1.82, 2.24) is 19.1 Å². The fourth-order valence-corrected chi connectivity index (χ4v) is 4.05. The largest absolute Gasteiger partial charge is 0.385 e. The first-order chi connectivity index (χ1) is 10.8. The van der Waals surface area contributed by atoms with Crippen LogP contribution in [0.4, 0.5) is 0 Å². The average molecular weight is 292 g/mol. The zero-order chi connectivity index (χ0) is 14.7. The van der Waals surface area contributed by atoms with Crippen LogP contribution >= 0.6 is 0 Å². The maximum atomic E-state index is 10.8. The van der Waals surface area contributed by atoms with Crippen molar-refractivity contribution in [3.05, 3.63) is 60.6 Å². The summed E-state index contributed by atoms with van der Waals surface area (Å²) < 4.78 is 4.26. The second-order valence-electron chi connectivity index (χ2n) is 6.09. The molecule has 3 atom stereocenters. The van der Waals surface area contributed by atoms with Gasteiger partial charge in [-0.2, -0.15) is 0 Å². The number of fused-ring (bicyclic) bond motifs is 4. The number of nitrogens with zero attached hydrogens (tertiary/aromatic N) is 4. The molecule has 1 N–H and O–H groups in total. The van der Waals surface area contributed by atoms with Crippen LogP contribution in [0.15, 0.2) is 49.2 Å². The Morgan fingerprint density at radius 2 is 2.14 bits per heavy atom. The lowest BCUT2D eigenvalue weighted by molar-refractivity contribution is 0.0514. The topological polar surface area (TPSA) is 55.9 Å². The predicted octanol–water partition coefficient (Wildman–Crippen LogP) is 2.40. The summed E-state index contributed by atoms with van der Waals surface area (Å²) in [6, 6.07) is 8.57. The van der Waals surface area contributed by atoms with Crippen LogP contribution < -0.4 is 0 Å². The molecule has 5 heteroatoms. The van der Waals surface area contributed by atoms with Crippen molar-refractivity contribution in [2.45, 2.75) is 25.1 Å². The minimum Gasteiger partial charge on any atom is -0.385 e. The summed E-state index contributed by atoms with van der Waals surface area (Å²) in [4.78, 5) is 8.65. The highest BCUT2D eigenvalue weighted by Crippen LogP contribution is 2.48. The summed E-state index contributed by atoms with van der Waals surface area (Å²) in [5.74, 6) is 0.897. The van der Waals surface area contributed by atoms with Crippen LogP contribution in [0.2, 0.25) is 0 Å². The van der Waals surface area contributed by atoms with Crippen molar-refractivity contribution >= 4 is 0 Å². The van der Waals surface area contributed by atoms with E-state index in [1.807, 2.05) is 18.7 Å². The first kappa shape index (κ1) is 12.2. The van der Waals surface area contributed by atoms with E-state index in [9.17, 15) is 5.11 Å². The molecule has 0 saturated heterocycles. The van der Waals surface area contributed by atoms with Gasteiger partial charge in [-0.3, -0.25) is 0 Å². The van der Waals surface area contributed by atoms with E-state index in [4.69, 9.17) is 0 Å². The molecule has 1 unspecified atom stereocenters. The molecule has 2 aliphatic heterocycles. The summed E-state index contributed by atoms with van der Waals surface area (Å²) in [6.07, 6.45) is 7.89. The zero-order valence-corrected chi connectivity index (χ0v) is 12.0. The molecule has 0 aliphatic carbocycles. The van der Waals surface area contributed by atoms with Crippen LogP contribution in [0.25, 0.3) is 11.3 Å². The first-order valence-electron chi connectivity index (χ1n) is 7.65. The summed E-state index contributed by atoms with van der Waals surface area (Å²) in [7, 11) is 0. The van der Waals surface area contributed by atoms with Gasteiger partial charge in [-0.1, -0.05) is 24.3 Å². The van der Waals surface area contributed by atoms with Gasteiger partial charge in [0.05, 0.1) is 24.3 Å². The Kier molecular flexibility index (Phi) is 2.38. The van der Waals surface area contributed by atoms with Crippen LogP contribution in [0.5, 0.6) is 0 Å². The van der Waals surface area contributed by atoms with Crippen molar-refractivity contribution in [2.24, 2.45) is 5.92 Å². The highest BCUT2D eigenvalue weighted by molar-refractivity contribution is 5.69. The van der Waals surface area contributed by atoms with Crippen molar-refractivity contribution in [2.75, 3.05) is 0 Å². The van der Waals surface area contributed by atoms with Gasteiger partial charge in [0.2, 0.25) is 0 Å². The van der Waals surface area contributed by atoms with Gasteiger partial charge in [-0.25, -0.2) is 9.97 Å². The van der Waals surface area contributed by atoms with Gasteiger partial charge in [0.15, 0.2) is 0 Å². The number of hydrogen-bond acceptors (Lipinski definition) is 3. The lowest BCUT2D eigenvalue weighted by atomic mass is 9.84. The highest BCUT2D eigenvalue weighted by atomic mass is 16.3. The number of aliphatic hydroxyl groups is 1. The van der Waals surface area contributed by atoms with Crippen LogP contribution in [0, 0.1) is 5.92 Å². The van der Waals surface area contributed by atoms with Gasteiger partial charge in [0.1, 0.15) is 11.9 Å². The number of aryl methyl sites for hydroxylation is 1. The van der Waals surface area contributed by atoms with Crippen LogP contribution in [-0.4, -0.2) is 24.2 Å². The molecule has 4 heterocycles. The third kappa shape index (κ3) is 1.46. The van der Waals surface area contributed by atoms with E-state index in [2.05, 4.69) is 43.4 Å². The molecule has 110 valence electrons. The van der Waals surface area contributed by atoms with Gasteiger partial charge < -0.3 is 14.2 Å². The molecular weight excluding hydrogens is 276 g/mol. The van der Waals surface area contributed by atoms with E-state index < -0.39 is 6.10 Å². The lowest BCUT2D eigenvalue weighted by Gasteiger charge is -2.34. The average Bonchev–Trinajstić information content (AvgIpc) is 3.23. The monoisotopic (exact) mass is 292 g/mol. The molecule has 0 amide bonds. The third-order valence-corrected chi connectivity index (χ3v) is 5.05. The van der Waals surface area contributed by atoms with E-state index in [-0.39, 0.29) is 12.0 Å². The van der Waals surface area contributed by atoms with Crippen molar-refractivity contribution < 1.29 is 5.11 Å². The van der Waals surface area contributed by atoms with Gasteiger partial charge in [-0.15, -0.1) is 0 Å². The molecule has 0 radical (unpaired) electrons. The normalized spacial score (nSPS) is 25.6. The van der Waals surface area contributed by atoms with E-state index >= 15 is 0 Å². The summed E-state index contributed by atoms with van der Waals surface area (Å²) in [6.45, 7) is 0.903. The summed E-state index contributed by atoms with van der Waals surface area (Å²) in [5.41, 5.74) is 3.65. The summed E-state index contributed by atoms with van der Waals surface area (Å²) in [5, 5.41) is 10.8. The van der Waals surface area contributed by atoms with Gasteiger partial charge in [0.25, 0.3) is 0 Å². The number of imidazole rings is 2. The SMILES string of the molecule is O[C@@H]1c2nccn2CC[C@H]1C1c2ccccc2-c2cncn21.